The Morgan fingerprint density at radius 1 is 1.03 bits per heavy atom. The molecule has 0 amide bonds. The molecule has 4 saturated carbocycles. The van der Waals surface area contributed by atoms with Gasteiger partial charge in [-0.1, -0.05) is 53.9 Å². The maximum atomic E-state index is 12.0. The lowest BCUT2D eigenvalue weighted by Crippen LogP contribution is -2.66. The Hall–Kier alpha value is -0.590. The van der Waals surface area contributed by atoms with Crippen LogP contribution in [0.3, 0.4) is 0 Å². The van der Waals surface area contributed by atoms with E-state index in [1.54, 1.807) is 7.11 Å². The Morgan fingerprint density at radius 3 is 2.44 bits per heavy atom. The first-order valence-corrected chi connectivity index (χ1v) is 13.8. The predicted octanol–water partition coefficient (Wildman–Crippen LogP) is 6.99. The van der Waals surface area contributed by atoms with Crippen molar-refractivity contribution in [2.45, 2.75) is 117 Å². The molecule has 182 valence electrons. The molecule has 4 aliphatic rings. The number of methoxy groups -OCH3 is 1. The molecule has 0 bridgehead atoms. The van der Waals surface area contributed by atoms with Crippen LogP contribution in [0.1, 0.15) is 105 Å². The van der Waals surface area contributed by atoms with E-state index < -0.39 is 5.60 Å². The molecule has 0 aliphatic heterocycles. The molecule has 0 aromatic rings. The Labute approximate surface area is 197 Å². The van der Waals surface area contributed by atoms with E-state index >= 15 is 0 Å². The van der Waals surface area contributed by atoms with E-state index in [-0.39, 0.29) is 17.4 Å². The van der Waals surface area contributed by atoms with Crippen molar-refractivity contribution < 1.29 is 9.84 Å². The lowest BCUT2D eigenvalue weighted by Gasteiger charge is -2.65. The quantitative estimate of drug-likeness (QED) is 0.481. The van der Waals surface area contributed by atoms with Gasteiger partial charge in [0.25, 0.3) is 0 Å². The molecular formula is C29H49NO2. The van der Waals surface area contributed by atoms with Crippen molar-refractivity contribution in [1.29, 1.82) is 5.26 Å². The molecule has 0 radical (unpaired) electrons. The number of nitrogens with zero attached hydrogens (tertiary/aromatic N) is 1. The largest absolute Gasteiger partial charge is 0.388 e. The van der Waals surface area contributed by atoms with Crippen molar-refractivity contribution in [3.05, 3.63) is 0 Å². The van der Waals surface area contributed by atoms with Crippen LogP contribution in [-0.4, -0.2) is 23.9 Å². The highest BCUT2D eigenvalue weighted by Gasteiger charge is 2.67. The highest BCUT2D eigenvalue weighted by molar-refractivity contribution is 5.20. The normalized spacial score (nSPS) is 49.1. The summed E-state index contributed by atoms with van der Waals surface area (Å²) in [5.74, 6) is 4.09. The predicted molar refractivity (Wildman–Crippen MR) is 130 cm³/mol. The van der Waals surface area contributed by atoms with Gasteiger partial charge in [0.15, 0.2) is 0 Å². The maximum absolute atomic E-state index is 12.0. The average molecular weight is 444 g/mol. The summed E-state index contributed by atoms with van der Waals surface area (Å²) in [6, 6.07) is 2.61. The lowest BCUT2D eigenvalue weighted by atomic mass is 9.41. The van der Waals surface area contributed by atoms with E-state index in [9.17, 15) is 10.4 Å². The Balaban J connectivity index is 1.56. The molecule has 5 unspecified atom stereocenters. The fourth-order valence-electron chi connectivity index (χ4n) is 9.67. The van der Waals surface area contributed by atoms with E-state index in [1.807, 2.05) is 0 Å². The SMILES string of the molecule is CO[C@H]1CC[C@]2(C)C3CC[C@@]4(C)C(CC[C@@H]4C(C)CCCC(C)C)C3CC(C#N)[C@@]2(O)C1. The van der Waals surface area contributed by atoms with E-state index in [1.165, 1.54) is 44.9 Å². The highest BCUT2D eigenvalue weighted by Crippen LogP contribution is 2.70. The molecule has 0 heterocycles. The van der Waals surface area contributed by atoms with Crippen LogP contribution in [0.25, 0.3) is 0 Å². The molecule has 0 spiro atoms. The summed E-state index contributed by atoms with van der Waals surface area (Å²) in [5, 5.41) is 22.2. The summed E-state index contributed by atoms with van der Waals surface area (Å²) in [6.45, 7) is 12.2. The zero-order valence-corrected chi connectivity index (χ0v) is 21.7. The van der Waals surface area contributed by atoms with Crippen LogP contribution in [-0.2, 0) is 4.74 Å². The van der Waals surface area contributed by atoms with Crippen molar-refractivity contribution in [2.24, 2.45) is 52.3 Å². The second kappa shape index (κ2) is 8.88. The standard InChI is InChI=1S/C29H49NO2/c1-19(2)8-7-9-20(3)24-10-11-25-23-16-21(18-30)29(31)17-22(32-6)12-15-28(29,5)26(23)13-14-27(24,25)4/h19-26,31H,7-17H2,1-6H3/t20?,21?,22-,23?,24+,25?,26?,27+,28+,29-/m0/s1. The summed E-state index contributed by atoms with van der Waals surface area (Å²) in [4.78, 5) is 0. The minimum atomic E-state index is -0.891. The molecule has 32 heavy (non-hydrogen) atoms. The first-order chi connectivity index (χ1) is 15.1. The third-order valence-corrected chi connectivity index (χ3v) is 11.5. The van der Waals surface area contributed by atoms with Crippen molar-refractivity contribution in [1.82, 2.24) is 0 Å². The van der Waals surface area contributed by atoms with Crippen molar-refractivity contribution in [2.75, 3.05) is 7.11 Å². The molecule has 4 fully saturated rings. The second-order valence-electron chi connectivity index (χ2n) is 13.3. The van der Waals surface area contributed by atoms with Crippen molar-refractivity contribution in [3.63, 3.8) is 0 Å². The second-order valence-corrected chi connectivity index (χ2v) is 13.3. The van der Waals surface area contributed by atoms with E-state index in [2.05, 4.69) is 40.7 Å². The monoisotopic (exact) mass is 443 g/mol. The molecule has 4 rings (SSSR count). The number of fused-ring (bicyclic) bond motifs is 5. The van der Waals surface area contributed by atoms with Crippen molar-refractivity contribution >= 4 is 0 Å². The van der Waals surface area contributed by atoms with Gasteiger partial charge in [-0.2, -0.15) is 5.26 Å². The Morgan fingerprint density at radius 2 is 1.78 bits per heavy atom. The van der Waals surface area contributed by atoms with Crippen LogP contribution < -0.4 is 0 Å². The zero-order chi connectivity index (χ0) is 23.3. The van der Waals surface area contributed by atoms with Crippen LogP contribution in [0.2, 0.25) is 0 Å². The highest BCUT2D eigenvalue weighted by atomic mass is 16.5. The van der Waals surface area contributed by atoms with Gasteiger partial charge in [-0.05, 0) is 85.9 Å². The zero-order valence-electron chi connectivity index (χ0n) is 21.7. The first kappa shape index (κ1) is 24.5. The number of nitriles is 1. The van der Waals surface area contributed by atoms with Gasteiger partial charge in [-0.15, -0.1) is 0 Å². The minimum Gasteiger partial charge on any atom is -0.388 e. The molecule has 10 atom stereocenters. The third-order valence-electron chi connectivity index (χ3n) is 11.5. The fraction of sp³-hybridized carbons (Fsp3) is 0.966. The van der Waals surface area contributed by atoms with Gasteiger partial charge in [0.2, 0.25) is 0 Å². The molecule has 3 heteroatoms. The third kappa shape index (κ3) is 3.67. The molecule has 0 aromatic heterocycles. The van der Waals surface area contributed by atoms with Gasteiger partial charge >= 0.3 is 0 Å². The topological polar surface area (TPSA) is 53.2 Å². The van der Waals surface area contributed by atoms with Crippen LogP contribution in [0, 0.1) is 63.6 Å². The summed E-state index contributed by atoms with van der Waals surface area (Å²) in [5.41, 5.74) is -0.612. The van der Waals surface area contributed by atoms with Gasteiger partial charge in [0.1, 0.15) is 0 Å². The molecular weight excluding hydrogens is 394 g/mol. The van der Waals surface area contributed by atoms with Gasteiger partial charge in [-0.25, -0.2) is 0 Å². The number of ether oxygens (including phenoxy) is 1. The van der Waals surface area contributed by atoms with Crippen molar-refractivity contribution in [3.8, 4) is 6.07 Å². The summed E-state index contributed by atoms with van der Waals surface area (Å²) < 4.78 is 5.68. The number of hydrogen-bond acceptors (Lipinski definition) is 3. The van der Waals surface area contributed by atoms with Crippen LogP contribution >= 0.6 is 0 Å². The van der Waals surface area contributed by atoms with Gasteiger partial charge in [0, 0.05) is 18.9 Å². The fourth-order valence-corrected chi connectivity index (χ4v) is 9.67. The Kier molecular flexibility index (Phi) is 6.81. The maximum Gasteiger partial charge on any atom is 0.0885 e. The lowest BCUT2D eigenvalue weighted by molar-refractivity contribution is -0.239. The van der Waals surface area contributed by atoms with E-state index in [0.29, 0.717) is 23.7 Å². The van der Waals surface area contributed by atoms with Crippen LogP contribution in [0.5, 0.6) is 0 Å². The number of rotatable bonds is 6. The Bertz CT molecular complexity index is 714. The summed E-state index contributed by atoms with van der Waals surface area (Å²) in [7, 11) is 1.76. The molecule has 0 aromatic carbocycles. The summed E-state index contributed by atoms with van der Waals surface area (Å²) >= 11 is 0. The molecule has 0 saturated heterocycles. The molecule has 4 aliphatic carbocycles. The minimum absolute atomic E-state index is 0.0943. The molecule has 3 nitrogen and oxygen atoms in total. The summed E-state index contributed by atoms with van der Waals surface area (Å²) in [6.07, 6.45) is 13.0. The average Bonchev–Trinajstić information content (AvgIpc) is 3.10. The van der Waals surface area contributed by atoms with Crippen LogP contribution in [0.4, 0.5) is 0 Å². The van der Waals surface area contributed by atoms with Crippen LogP contribution in [0.15, 0.2) is 0 Å². The van der Waals surface area contributed by atoms with E-state index in [0.717, 1.165) is 42.9 Å². The molecule has 1 N–H and O–H groups in total. The number of hydrogen-bond donors (Lipinski definition) is 1. The van der Waals surface area contributed by atoms with Gasteiger partial charge < -0.3 is 9.84 Å². The van der Waals surface area contributed by atoms with E-state index in [4.69, 9.17) is 4.74 Å². The van der Waals surface area contributed by atoms with Gasteiger partial charge in [-0.3, -0.25) is 0 Å². The smallest absolute Gasteiger partial charge is 0.0885 e. The first-order valence-electron chi connectivity index (χ1n) is 13.8. The van der Waals surface area contributed by atoms with Gasteiger partial charge in [0.05, 0.1) is 23.7 Å². The number of aliphatic hydroxyl groups is 1.